The van der Waals surface area contributed by atoms with E-state index in [1.54, 1.807) is 0 Å². The standard InChI is InChI=1S/C25H51F3O8SSi3/c1-22(2,3)38(10,11)32-16-17(34-37(30,31)25(26,27)28)18-19(35-39(12,13)23(4,5)6)20(21(29)33-18)36-40(14,15)24(7,8)9/h17-20H,16H2,1-15H3/t17-,18-,19+,20-/m1/s1. The van der Waals surface area contributed by atoms with Gasteiger partial charge < -0.3 is 18.0 Å². The number of cyclic esters (lactones) is 1. The number of carbonyl (C=O) groups is 1. The molecule has 8 nitrogen and oxygen atoms in total. The molecule has 0 aromatic carbocycles. The van der Waals surface area contributed by atoms with Crippen LogP contribution in [0.4, 0.5) is 13.2 Å². The van der Waals surface area contributed by atoms with E-state index in [2.05, 4.69) is 0 Å². The minimum absolute atomic E-state index is 0.312. The largest absolute Gasteiger partial charge is 0.523 e. The molecule has 1 saturated heterocycles. The summed E-state index contributed by atoms with van der Waals surface area (Å²) in [6.07, 6.45) is -5.81. The van der Waals surface area contributed by atoms with Gasteiger partial charge >= 0.3 is 21.6 Å². The summed E-state index contributed by atoms with van der Waals surface area (Å²) in [5.74, 6) is -0.830. The maximum atomic E-state index is 13.5. The average molecular weight is 653 g/mol. The lowest BCUT2D eigenvalue weighted by molar-refractivity contribution is -0.150. The molecule has 0 unspecified atom stereocenters. The lowest BCUT2D eigenvalue weighted by Crippen LogP contribution is -2.56. The van der Waals surface area contributed by atoms with Crippen molar-refractivity contribution in [2.75, 3.05) is 6.61 Å². The lowest BCUT2D eigenvalue weighted by atomic mass is 10.1. The van der Waals surface area contributed by atoms with E-state index in [1.807, 2.05) is 102 Å². The molecule has 15 heteroatoms. The summed E-state index contributed by atoms with van der Waals surface area (Å²) in [6.45, 7) is 28.6. The molecule has 0 amide bonds. The van der Waals surface area contributed by atoms with Crippen LogP contribution in [0.5, 0.6) is 0 Å². The molecule has 1 fully saturated rings. The number of alkyl halides is 3. The SMILES string of the molecule is CC(C)(C)[Si](C)(C)OC[C@@H](OS(=O)(=O)C(F)(F)F)[C@H]1OC(=O)[C@H](O[Si](C)(C)C(C)(C)C)[C@H]1O[Si](C)(C)C(C)(C)C. The van der Waals surface area contributed by atoms with Crippen molar-refractivity contribution in [2.24, 2.45) is 0 Å². The molecular weight excluding hydrogens is 602 g/mol. The summed E-state index contributed by atoms with van der Waals surface area (Å²) >= 11 is 0. The van der Waals surface area contributed by atoms with Gasteiger partial charge in [-0.2, -0.15) is 21.6 Å². The Labute approximate surface area is 242 Å². The van der Waals surface area contributed by atoms with Crippen molar-refractivity contribution in [1.82, 2.24) is 0 Å². The van der Waals surface area contributed by atoms with E-state index >= 15 is 0 Å². The Morgan fingerprint density at radius 3 is 1.55 bits per heavy atom. The number of ether oxygens (including phenoxy) is 1. The molecule has 0 N–H and O–H groups in total. The first-order chi connectivity index (χ1) is 17.3. The Hall–Kier alpha value is -0.299. The first kappa shape index (κ1) is 37.7. The molecule has 0 aromatic heterocycles. The number of carbonyl (C=O) groups excluding carboxylic acids is 1. The zero-order chi connectivity index (χ0) is 32.1. The van der Waals surface area contributed by atoms with Gasteiger partial charge in [-0.1, -0.05) is 62.3 Å². The van der Waals surface area contributed by atoms with Crippen molar-refractivity contribution < 1.29 is 48.6 Å². The summed E-state index contributed by atoms with van der Waals surface area (Å²) in [5, 5.41) is -0.998. The Morgan fingerprint density at radius 1 is 0.775 bits per heavy atom. The highest BCUT2D eigenvalue weighted by Crippen LogP contribution is 2.44. The monoisotopic (exact) mass is 652 g/mol. The van der Waals surface area contributed by atoms with Gasteiger partial charge in [0.2, 0.25) is 0 Å². The van der Waals surface area contributed by atoms with Crippen LogP contribution in [-0.4, -0.2) is 75.9 Å². The van der Waals surface area contributed by atoms with Crippen LogP contribution in [-0.2, 0) is 37.1 Å². The predicted molar refractivity (Wildman–Crippen MR) is 157 cm³/mol. The second kappa shape index (κ2) is 11.7. The molecule has 40 heavy (non-hydrogen) atoms. The summed E-state index contributed by atoms with van der Waals surface area (Å²) in [5.41, 5.74) is -5.68. The third-order valence-electron chi connectivity index (χ3n) is 8.89. The molecule has 1 heterocycles. The van der Waals surface area contributed by atoms with Crippen LogP contribution in [0.25, 0.3) is 0 Å². The quantitative estimate of drug-likeness (QED) is 0.108. The van der Waals surface area contributed by atoms with E-state index in [1.165, 1.54) is 0 Å². The number of rotatable bonds is 10. The van der Waals surface area contributed by atoms with E-state index in [-0.39, 0.29) is 15.1 Å². The fourth-order valence-electron chi connectivity index (χ4n) is 3.02. The zero-order valence-corrected chi connectivity index (χ0v) is 30.6. The minimum atomic E-state index is -6.06. The Bertz CT molecular complexity index is 1010. The molecule has 1 rings (SSSR count). The van der Waals surface area contributed by atoms with Gasteiger partial charge in [0.15, 0.2) is 37.2 Å². The van der Waals surface area contributed by atoms with E-state index in [0.29, 0.717) is 0 Å². The molecule has 1 aliphatic heterocycles. The van der Waals surface area contributed by atoms with Crippen LogP contribution in [0.15, 0.2) is 0 Å². The highest BCUT2D eigenvalue weighted by molar-refractivity contribution is 7.87. The van der Waals surface area contributed by atoms with Crippen molar-refractivity contribution in [3.8, 4) is 0 Å². The Morgan fingerprint density at radius 2 is 1.18 bits per heavy atom. The van der Waals surface area contributed by atoms with Crippen LogP contribution >= 0.6 is 0 Å². The average Bonchev–Trinajstić information content (AvgIpc) is 2.96. The topological polar surface area (TPSA) is 97.4 Å². The zero-order valence-electron chi connectivity index (χ0n) is 26.8. The number of hydrogen-bond acceptors (Lipinski definition) is 8. The number of esters is 1. The maximum Gasteiger partial charge on any atom is 0.523 e. The Balaban J connectivity index is 3.71. The van der Waals surface area contributed by atoms with Crippen molar-refractivity contribution >= 4 is 41.0 Å². The van der Waals surface area contributed by atoms with E-state index < -0.39 is 77.6 Å². The molecule has 0 aliphatic carbocycles. The Kier molecular flexibility index (Phi) is 11.0. The first-order valence-corrected chi connectivity index (χ1v) is 23.6. The molecule has 0 aromatic rings. The molecule has 0 saturated carbocycles. The van der Waals surface area contributed by atoms with Gasteiger partial charge in [-0.25, -0.2) is 4.79 Å². The van der Waals surface area contributed by atoms with Gasteiger partial charge in [0, 0.05) is 0 Å². The first-order valence-electron chi connectivity index (χ1n) is 13.5. The third kappa shape index (κ3) is 8.63. The second-order valence-electron chi connectivity index (χ2n) is 15.1. The van der Waals surface area contributed by atoms with Gasteiger partial charge in [0.05, 0.1) is 6.61 Å². The van der Waals surface area contributed by atoms with E-state index in [4.69, 9.17) is 22.2 Å². The summed E-state index contributed by atoms with van der Waals surface area (Å²) in [4.78, 5) is 13.3. The molecule has 0 spiro atoms. The fourth-order valence-corrected chi connectivity index (χ4v) is 7.14. The minimum Gasteiger partial charge on any atom is -0.455 e. The second-order valence-corrected chi connectivity index (χ2v) is 31.0. The van der Waals surface area contributed by atoms with Gasteiger partial charge in [0.25, 0.3) is 0 Å². The van der Waals surface area contributed by atoms with Crippen molar-refractivity contribution in [3.05, 3.63) is 0 Å². The third-order valence-corrected chi connectivity index (χ3v) is 23.4. The van der Waals surface area contributed by atoms with Crippen LogP contribution in [0, 0.1) is 0 Å². The molecule has 0 radical (unpaired) electrons. The van der Waals surface area contributed by atoms with Gasteiger partial charge in [0.1, 0.15) is 12.2 Å². The lowest BCUT2D eigenvalue weighted by Gasteiger charge is -2.43. The fraction of sp³-hybridized carbons (Fsp3) is 0.960. The number of halogens is 3. The molecule has 238 valence electrons. The van der Waals surface area contributed by atoms with Gasteiger partial charge in [-0.3, -0.25) is 4.18 Å². The van der Waals surface area contributed by atoms with Gasteiger partial charge in [-0.15, -0.1) is 0 Å². The van der Waals surface area contributed by atoms with Crippen LogP contribution < -0.4 is 0 Å². The van der Waals surface area contributed by atoms with E-state index in [0.717, 1.165) is 0 Å². The summed E-state index contributed by atoms with van der Waals surface area (Å²) in [6, 6.07) is 0. The summed E-state index contributed by atoms with van der Waals surface area (Å²) < 4.78 is 94.4. The normalized spacial score (nSPS) is 23.4. The predicted octanol–water partition coefficient (Wildman–Crippen LogP) is 6.95. The van der Waals surface area contributed by atoms with Crippen molar-refractivity contribution in [2.45, 2.75) is 147 Å². The van der Waals surface area contributed by atoms with Crippen molar-refractivity contribution in [3.63, 3.8) is 0 Å². The van der Waals surface area contributed by atoms with Crippen molar-refractivity contribution in [1.29, 1.82) is 0 Å². The van der Waals surface area contributed by atoms with Crippen LogP contribution in [0.1, 0.15) is 62.3 Å². The van der Waals surface area contributed by atoms with Crippen LogP contribution in [0.3, 0.4) is 0 Å². The highest BCUT2D eigenvalue weighted by atomic mass is 32.2. The smallest absolute Gasteiger partial charge is 0.455 e. The molecule has 1 aliphatic rings. The van der Waals surface area contributed by atoms with E-state index in [9.17, 15) is 26.4 Å². The summed E-state index contributed by atoms with van der Waals surface area (Å²) in [7, 11) is -14.0. The number of hydrogen-bond donors (Lipinski definition) is 0. The van der Waals surface area contributed by atoms with Gasteiger partial charge in [-0.05, 0) is 54.4 Å². The molecule has 4 atom stereocenters. The molecule has 0 bridgehead atoms. The van der Waals surface area contributed by atoms with Crippen LogP contribution in [0.2, 0.25) is 54.4 Å². The molecular formula is C25H51F3O8SSi3. The maximum absolute atomic E-state index is 13.5. The highest BCUT2D eigenvalue weighted by Gasteiger charge is 2.59.